The van der Waals surface area contributed by atoms with Crippen LogP contribution < -0.4 is 0 Å². The van der Waals surface area contributed by atoms with Gasteiger partial charge in [-0.2, -0.15) is 13.2 Å². The Morgan fingerprint density at radius 1 is 1.16 bits per heavy atom. The van der Waals surface area contributed by atoms with Crippen LogP contribution in [0.25, 0.3) is 27.8 Å². The third-order valence-electron chi connectivity index (χ3n) is 4.23. The van der Waals surface area contributed by atoms with Crippen LogP contribution in [0.1, 0.15) is 31.2 Å². The Morgan fingerprint density at radius 3 is 2.68 bits per heavy atom. The Bertz CT molecular complexity index is 1070. The van der Waals surface area contributed by atoms with E-state index >= 15 is 0 Å². The van der Waals surface area contributed by atoms with Gasteiger partial charge in [0.1, 0.15) is 17.0 Å². The summed E-state index contributed by atoms with van der Waals surface area (Å²) in [6.07, 6.45) is -1.06. The summed E-state index contributed by atoms with van der Waals surface area (Å²) in [6.45, 7) is 4.00. The van der Waals surface area contributed by atoms with Gasteiger partial charge in [-0.25, -0.2) is 9.97 Å². The van der Waals surface area contributed by atoms with Crippen LogP contribution in [0.3, 0.4) is 0 Å². The highest BCUT2D eigenvalue weighted by molar-refractivity contribution is 5.89. The number of aromatic amines is 1. The first-order valence-electron chi connectivity index (χ1n) is 7.88. The van der Waals surface area contributed by atoms with Gasteiger partial charge in [0.15, 0.2) is 0 Å². The van der Waals surface area contributed by atoms with E-state index in [4.69, 9.17) is 0 Å². The van der Waals surface area contributed by atoms with E-state index < -0.39 is 11.9 Å². The van der Waals surface area contributed by atoms with E-state index in [1.165, 1.54) is 6.07 Å². The second-order valence-corrected chi connectivity index (χ2v) is 6.24. The van der Waals surface area contributed by atoms with Crippen LogP contribution in [-0.4, -0.2) is 19.5 Å². The number of H-pyrrole nitrogens is 1. The lowest BCUT2D eigenvalue weighted by molar-refractivity contribution is -0.141. The lowest BCUT2D eigenvalue weighted by Crippen LogP contribution is -2.09. The van der Waals surface area contributed by atoms with Crippen molar-refractivity contribution >= 4 is 22.1 Å². The molecule has 0 aromatic carbocycles. The molecule has 0 aliphatic carbocycles. The van der Waals surface area contributed by atoms with Crippen LogP contribution in [-0.2, 0) is 6.18 Å². The largest absolute Gasteiger partial charge is 0.433 e. The third kappa shape index (κ3) is 2.47. The molecule has 25 heavy (non-hydrogen) atoms. The summed E-state index contributed by atoms with van der Waals surface area (Å²) in [5, 5.41) is 1.51. The van der Waals surface area contributed by atoms with Crippen molar-refractivity contribution in [2.24, 2.45) is 0 Å². The zero-order valence-electron chi connectivity index (χ0n) is 13.6. The van der Waals surface area contributed by atoms with Gasteiger partial charge >= 0.3 is 6.18 Å². The summed E-state index contributed by atoms with van der Waals surface area (Å²) in [6, 6.07) is 8.07. The van der Waals surface area contributed by atoms with Gasteiger partial charge in [0, 0.05) is 28.9 Å². The summed E-state index contributed by atoms with van der Waals surface area (Å²) in [5.74, 6) is 0.116. The summed E-state index contributed by atoms with van der Waals surface area (Å²) in [7, 11) is 0. The van der Waals surface area contributed by atoms with Crippen molar-refractivity contribution in [3.05, 3.63) is 54.1 Å². The first kappa shape index (κ1) is 15.7. The van der Waals surface area contributed by atoms with Crippen LogP contribution in [0.4, 0.5) is 13.2 Å². The average Bonchev–Trinajstić information content (AvgIpc) is 3.14. The molecule has 4 rings (SSSR count). The molecule has 4 nitrogen and oxygen atoms in total. The van der Waals surface area contributed by atoms with E-state index in [0.29, 0.717) is 16.7 Å². The summed E-state index contributed by atoms with van der Waals surface area (Å²) >= 11 is 0. The fourth-order valence-electron chi connectivity index (χ4n) is 3.06. The normalized spacial score (nSPS) is 12.6. The van der Waals surface area contributed by atoms with Crippen molar-refractivity contribution in [1.29, 1.82) is 0 Å². The molecule has 0 spiro atoms. The molecule has 0 fully saturated rings. The van der Waals surface area contributed by atoms with E-state index in [9.17, 15) is 13.2 Å². The van der Waals surface area contributed by atoms with E-state index in [0.717, 1.165) is 22.8 Å². The molecular weight excluding hydrogens is 329 g/mol. The SMILES string of the molecule is CC(C)c1cc2ccc(C(F)(F)F)nc2n1-c1c[nH]c2ncccc12. The monoisotopic (exact) mass is 344 g/mol. The number of hydrogen-bond acceptors (Lipinski definition) is 2. The fourth-order valence-corrected chi connectivity index (χ4v) is 3.06. The smallest absolute Gasteiger partial charge is 0.344 e. The summed E-state index contributed by atoms with van der Waals surface area (Å²) < 4.78 is 41.1. The lowest BCUT2D eigenvalue weighted by atomic mass is 10.1. The van der Waals surface area contributed by atoms with E-state index in [1.807, 2.05) is 26.0 Å². The highest BCUT2D eigenvalue weighted by Gasteiger charge is 2.33. The van der Waals surface area contributed by atoms with Gasteiger partial charge in [-0.3, -0.25) is 4.57 Å². The minimum absolute atomic E-state index is 0.116. The predicted octanol–water partition coefficient (Wildman–Crippen LogP) is 5.04. The predicted molar refractivity (Wildman–Crippen MR) is 89.8 cm³/mol. The molecule has 0 unspecified atom stereocenters. The van der Waals surface area contributed by atoms with Gasteiger partial charge in [0.2, 0.25) is 0 Å². The number of halogens is 3. The molecule has 0 aliphatic heterocycles. The van der Waals surface area contributed by atoms with E-state index in [-0.39, 0.29) is 5.92 Å². The summed E-state index contributed by atoms with van der Waals surface area (Å²) in [5.41, 5.74) is 1.72. The molecule has 1 N–H and O–H groups in total. The molecule has 4 aromatic rings. The second-order valence-electron chi connectivity index (χ2n) is 6.24. The Morgan fingerprint density at radius 2 is 1.96 bits per heavy atom. The number of nitrogens with zero attached hydrogens (tertiary/aromatic N) is 3. The maximum Gasteiger partial charge on any atom is 0.433 e. The third-order valence-corrected chi connectivity index (χ3v) is 4.23. The first-order valence-corrected chi connectivity index (χ1v) is 7.88. The van der Waals surface area contributed by atoms with E-state index in [2.05, 4.69) is 15.0 Å². The minimum atomic E-state index is -4.48. The molecule has 0 radical (unpaired) electrons. The molecule has 7 heteroatoms. The minimum Gasteiger partial charge on any atom is -0.344 e. The first-order chi connectivity index (χ1) is 11.9. The molecule has 0 saturated carbocycles. The zero-order valence-corrected chi connectivity index (χ0v) is 13.6. The number of alkyl halides is 3. The van der Waals surface area contributed by atoms with Gasteiger partial charge in [0.05, 0.1) is 5.69 Å². The van der Waals surface area contributed by atoms with E-state index in [1.54, 1.807) is 23.0 Å². The molecule has 0 atom stereocenters. The van der Waals surface area contributed by atoms with Crippen molar-refractivity contribution < 1.29 is 13.2 Å². The Hall–Kier alpha value is -2.83. The molecule has 0 aliphatic rings. The van der Waals surface area contributed by atoms with Gasteiger partial charge < -0.3 is 4.98 Å². The van der Waals surface area contributed by atoms with Crippen LogP contribution in [0.15, 0.2) is 42.7 Å². The number of nitrogens with one attached hydrogen (secondary N) is 1. The van der Waals surface area contributed by atoms with Crippen LogP contribution in [0.2, 0.25) is 0 Å². The molecule has 4 aromatic heterocycles. The average molecular weight is 344 g/mol. The number of pyridine rings is 2. The quantitative estimate of drug-likeness (QED) is 0.553. The van der Waals surface area contributed by atoms with Crippen molar-refractivity contribution in [3.8, 4) is 5.69 Å². The molecule has 0 bridgehead atoms. The molecular formula is C18H15F3N4. The zero-order chi connectivity index (χ0) is 17.8. The number of hydrogen-bond donors (Lipinski definition) is 1. The second kappa shape index (κ2) is 5.34. The van der Waals surface area contributed by atoms with Crippen molar-refractivity contribution in [1.82, 2.24) is 19.5 Å². The Balaban J connectivity index is 2.08. The molecule has 0 amide bonds. The Kier molecular flexibility index (Phi) is 3.35. The lowest BCUT2D eigenvalue weighted by Gasteiger charge is -2.12. The van der Waals surface area contributed by atoms with Crippen molar-refractivity contribution in [2.45, 2.75) is 25.9 Å². The van der Waals surface area contributed by atoms with Gasteiger partial charge in [0.25, 0.3) is 0 Å². The van der Waals surface area contributed by atoms with Crippen molar-refractivity contribution in [2.75, 3.05) is 0 Å². The fraction of sp³-hybridized carbons (Fsp3) is 0.222. The van der Waals surface area contributed by atoms with Crippen molar-refractivity contribution in [3.63, 3.8) is 0 Å². The van der Waals surface area contributed by atoms with Crippen LogP contribution in [0, 0.1) is 0 Å². The highest BCUT2D eigenvalue weighted by Crippen LogP contribution is 2.34. The Labute approximate surface area is 141 Å². The molecule has 128 valence electrons. The van der Waals surface area contributed by atoms with Gasteiger partial charge in [-0.05, 0) is 36.2 Å². The highest BCUT2D eigenvalue weighted by atomic mass is 19.4. The molecule has 0 saturated heterocycles. The van der Waals surface area contributed by atoms with Crippen LogP contribution >= 0.6 is 0 Å². The number of rotatable bonds is 2. The number of aromatic nitrogens is 4. The maximum absolute atomic E-state index is 13.1. The maximum atomic E-state index is 13.1. The van der Waals surface area contributed by atoms with Gasteiger partial charge in [-0.15, -0.1) is 0 Å². The van der Waals surface area contributed by atoms with Gasteiger partial charge in [-0.1, -0.05) is 13.8 Å². The summed E-state index contributed by atoms with van der Waals surface area (Å²) in [4.78, 5) is 11.2. The standard InChI is InChI=1S/C18H15F3N4/c1-10(2)13-8-11-5-6-15(18(19,20)21)24-17(11)25(13)14-9-23-16-12(14)4-3-7-22-16/h3-10H,1-2H3,(H,22,23). The molecule has 4 heterocycles. The topological polar surface area (TPSA) is 46.5 Å². The van der Waals surface area contributed by atoms with Crippen LogP contribution in [0.5, 0.6) is 0 Å². The number of fused-ring (bicyclic) bond motifs is 2.